The second-order valence-electron chi connectivity index (χ2n) is 6.43. The van der Waals surface area contributed by atoms with E-state index in [1.807, 2.05) is 11.9 Å². The molecule has 1 saturated heterocycles. The van der Waals surface area contributed by atoms with Crippen molar-refractivity contribution in [3.05, 3.63) is 0 Å². The topological polar surface area (TPSA) is 32.3 Å². The minimum absolute atomic E-state index is 0.0565. The lowest BCUT2D eigenvalue weighted by molar-refractivity contribution is -0.137. The Morgan fingerprint density at radius 3 is 2.61 bits per heavy atom. The van der Waals surface area contributed by atoms with Crippen LogP contribution in [0, 0.1) is 11.8 Å². The molecule has 1 aliphatic heterocycles. The lowest BCUT2D eigenvalue weighted by atomic mass is 9.85. The van der Waals surface area contributed by atoms with Crippen LogP contribution < -0.4 is 5.32 Å². The van der Waals surface area contributed by atoms with Gasteiger partial charge in [0.15, 0.2) is 0 Å². The zero-order valence-corrected chi connectivity index (χ0v) is 12.1. The molecule has 1 N–H and O–H groups in total. The average molecular weight is 252 g/mol. The molecule has 1 amide bonds. The summed E-state index contributed by atoms with van der Waals surface area (Å²) in [6.45, 7) is 5.51. The molecule has 1 saturated carbocycles. The molecule has 1 heterocycles. The highest BCUT2D eigenvalue weighted by Crippen LogP contribution is 2.28. The van der Waals surface area contributed by atoms with Gasteiger partial charge in [0.2, 0.25) is 5.91 Å². The quantitative estimate of drug-likeness (QED) is 0.818. The summed E-state index contributed by atoms with van der Waals surface area (Å²) >= 11 is 0. The first-order valence-electron chi connectivity index (χ1n) is 7.59. The van der Waals surface area contributed by atoms with Crippen molar-refractivity contribution < 1.29 is 4.79 Å². The monoisotopic (exact) mass is 252 g/mol. The van der Waals surface area contributed by atoms with Crippen molar-refractivity contribution in [3.8, 4) is 0 Å². The maximum absolute atomic E-state index is 12.6. The Morgan fingerprint density at radius 2 is 1.94 bits per heavy atom. The largest absolute Gasteiger partial charge is 0.341 e. The van der Waals surface area contributed by atoms with Crippen LogP contribution in [0.3, 0.4) is 0 Å². The number of hydrogen-bond donors (Lipinski definition) is 1. The van der Waals surface area contributed by atoms with Gasteiger partial charge in [-0.15, -0.1) is 0 Å². The summed E-state index contributed by atoms with van der Waals surface area (Å²) in [7, 11) is 2.01. The molecule has 104 valence electrons. The van der Waals surface area contributed by atoms with Crippen molar-refractivity contribution in [1.29, 1.82) is 0 Å². The van der Waals surface area contributed by atoms with E-state index in [2.05, 4.69) is 19.2 Å². The van der Waals surface area contributed by atoms with Crippen LogP contribution in [0.25, 0.3) is 0 Å². The molecule has 0 aromatic carbocycles. The van der Waals surface area contributed by atoms with Gasteiger partial charge in [0, 0.05) is 13.1 Å². The van der Waals surface area contributed by atoms with Crippen LogP contribution in [-0.4, -0.2) is 36.5 Å². The number of likely N-dealkylation sites (N-methyl/N-ethyl adjacent to an activating group) is 1. The van der Waals surface area contributed by atoms with E-state index < -0.39 is 0 Å². The molecule has 0 aromatic heterocycles. The zero-order valence-electron chi connectivity index (χ0n) is 12.1. The normalized spacial score (nSPS) is 37.3. The summed E-state index contributed by atoms with van der Waals surface area (Å²) in [5, 5.41) is 3.41. The summed E-state index contributed by atoms with van der Waals surface area (Å²) in [5.41, 5.74) is 0. The van der Waals surface area contributed by atoms with Gasteiger partial charge in [-0.2, -0.15) is 0 Å². The lowest BCUT2D eigenvalue weighted by Crippen LogP contribution is -2.54. The molecular formula is C15H28N2O. The molecular weight excluding hydrogens is 224 g/mol. The van der Waals surface area contributed by atoms with E-state index in [0.717, 1.165) is 12.5 Å². The fraction of sp³-hybridized carbons (Fsp3) is 0.933. The number of amides is 1. The maximum atomic E-state index is 12.6. The Bertz CT molecular complexity index is 292. The average Bonchev–Trinajstić information content (AvgIpc) is 2.37. The Balaban J connectivity index is 1.94. The number of nitrogens with zero attached hydrogens (tertiary/aromatic N) is 1. The van der Waals surface area contributed by atoms with Gasteiger partial charge in [0.05, 0.1) is 6.04 Å². The van der Waals surface area contributed by atoms with Crippen molar-refractivity contribution >= 4 is 5.91 Å². The summed E-state index contributed by atoms with van der Waals surface area (Å²) in [6.07, 6.45) is 7.36. The molecule has 2 rings (SSSR count). The van der Waals surface area contributed by atoms with Crippen LogP contribution in [-0.2, 0) is 4.79 Å². The Labute approximate surface area is 111 Å². The van der Waals surface area contributed by atoms with Crippen molar-refractivity contribution in [2.24, 2.45) is 11.8 Å². The third kappa shape index (κ3) is 3.05. The van der Waals surface area contributed by atoms with Crippen LogP contribution in [0.2, 0.25) is 0 Å². The summed E-state index contributed by atoms with van der Waals surface area (Å²) in [4.78, 5) is 14.6. The fourth-order valence-corrected chi connectivity index (χ4v) is 3.53. The molecule has 4 atom stereocenters. The van der Waals surface area contributed by atoms with Gasteiger partial charge in [-0.25, -0.2) is 0 Å². The molecule has 0 bridgehead atoms. The second kappa shape index (κ2) is 6.05. The Kier molecular flexibility index (Phi) is 4.66. The van der Waals surface area contributed by atoms with E-state index in [1.54, 1.807) is 0 Å². The third-order valence-corrected chi connectivity index (χ3v) is 4.84. The number of hydrogen-bond acceptors (Lipinski definition) is 2. The first-order valence-corrected chi connectivity index (χ1v) is 7.59. The van der Waals surface area contributed by atoms with Crippen LogP contribution in [0.4, 0.5) is 0 Å². The summed E-state index contributed by atoms with van der Waals surface area (Å²) in [6, 6.07) is 0.526. The van der Waals surface area contributed by atoms with E-state index in [4.69, 9.17) is 0 Å². The van der Waals surface area contributed by atoms with E-state index in [9.17, 15) is 4.79 Å². The van der Waals surface area contributed by atoms with Gasteiger partial charge in [-0.1, -0.05) is 26.7 Å². The van der Waals surface area contributed by atoms with Crippen molar-refractivity contribution in [3.63, 3.8) is 0 Å². The van der Waals surface area contributed by atoms with Crippen LogP contribution in [0.5, 0.6) is 0 Å². The highest BCUT2D eigenvalue weighted by Gasteiger charge is 2.33. The van der Waals surface area contributed by atoms with Gasteiger partial charge in [0.25, 0.3) is 0 Å². The van der Waals surface area contributed by atoms with Crippen LogP contribution >= 0.6 is 0 Å². The molecule has 0 aromatic rings. The predicted octanol–water partition coefficient (Wildman–Crippen LogP) is 2.41. The zero-order chi connectivity index (χ0) is 13.1. The summed E-state index contributed by atoms with van der Waals surface area (Å²) in [5.74, 6) is 1.58. The van der Waals surface area contributed by atoms with Gasteiger partial charge in [-0.05, 0) is 44.1 Å². The van der Waals surface area contributed by atoms with Gasteiger partial charge >= 0.3 is 0 Å². The number of piperidine rings is 1. The van der Waals surface area contributed by atoms with Crippen molar-refractivity contribution in [2.45, 2.75) is 64.5 Å². The van der Waals surface area contributed by atoms with Crippen molar-refractivity contribution in [1.82, 2.24) is 10.2 Å². The number of rotatable bonds is 2. The molecule has 4 unspecified atom stereocenters. The number of nitrogens with one attached hydrogen (secondary N) is 1. The van der Waals surface area contributed by atoms with Crippen molar-refractivity contribution in [2.75, 3.05) is 13.6 Å². The minimum Gasteiger partial charge on any atom is -0.341 e. The Morgan fingerprint density at radius 1 is 1.17 bits per heavy atom. The molecule has 2 fully saturated rings. The second-order valence-corrected chi connectivity index (χ2v) is 6.43. The third-order valence-electron chi connectivity index (χ3n) is 4.84. The molecule has 1 aliphatic carbocycles. The first-order chi connectivity index (χ1) is 8.59. The first kappa shape index (κ1) is 13.9. The lowest BCUT2D eigenvalue weighted by Gasteiger charge is -2.38. The maximum Gasteiger partial charge on any atom is 0.239 e. The highest BCUT2D eigenvalue weighted by atomic mass is 16.2. The van der Waals surface area contributed by atoms with E-state index in [0.29, 0.717) is 17.9 Å². The number of carbonyl (C=O) groups is 1. The molecule has 2 aliphatic rings. The molecule has 18 heavy (non-hydrogen) atoms. The van der Waals surface area contributed by atoms with E-state index >= 15 is 0 Å². The highest BCUT2D eigenvalue weighted by molar-refractivity contribution is 5.82. The van der Waals surface area contributed by atoms with Crippen LogP contribution in [0.15, 0.2) is 0 Å². The standard InChI is InChI=1S/C15H28N2O/c1-11-6-4-8-13(10-11)17(3)15(18)14-12(2)7-5-9-16-14/h11-14,16H,4-10H2,1-3H3. The summed E-state index contributed by atoms with van der Waals surface area (Å²) < 4.78 is 0. The molecule has 0 radical (unpaired) electrons. The Hall–Kier alpha value is -0.570. The van der Waals surface area contributed by atoms with E-state index in [1.165, 1.54) is 38.5 Å². The predicted molar refractivity (Wildman–Crippen MR) is 74.4 cm³/mol. The van der Waals surface area contributed by atoms with E-state index in [-0.39, 0.29) is 6.04 Å². The minimum atomic E-state index is 0.0565. The smallest absolute Gasteiger partial charge is 0.239 e. The SMILES string of the molecule is CC1CCCC(N(C)C(=O)C2NCCCC2C)C1. The number of carbonyl (C=O) groups excluding carboxylic acids is 1. The van der Waals surface area contributed by atoms with Crippen LogP contribution in [0.1, 0.15) is 52.4 Å². The van der Waals surface area contributed by atoms with Gasteiger partial charge in [0.1, 0.15) is 0 Å². The fourth-order valence-electron chi connectivity index (χ4n) is 3.53. The molecule has 3 nitrogen and oxygen atoms in total. The molecule has 0 spiro atoms. The van der Waals surface area contributed by atoms with Gasteiger partial charge < -0.3 is 10.2 Å². The van der Waals surface area contributed by atoms with Gasteiger partial charge in [-0.3, -0.25) is 4.79 Å². The molecule has 3 heteroatoms.